The van der Waals surface area contributed by atoms with E-state index in [4.69, 9.17) is 9.47 Å². The highest BCUT2D eigenvalue weighted by atomic mass is 19.4. The highest BCUT2D eigenvalue weighted by Gasteiger charge is 2.49. The summed E-state index contributed by atoms with van der Waals surface area (Å²) in [6, 6.07) is -0.100. The average molecular weight is 670 g/mol. The molecule has 0 radical (unpaired) electrons. The highest BCUT2D eigenvalue weighted by molar-refractivity contribution is 6.02. The summed E-state index contributed by atoms with van der Waals surface area (Å²) < 4.78 is 115. The van der Waals surface area contributed by atoms with Gasteiger partial charge in [-0.05, 0) is 44.4 Å². The van der Waals surface area contributed by atoms with Crippen LogP contribution in [0.4, 0.5) is 36.6 Å². The number of ether oxygens (including phenoxy) is 2. The van der Waals surface area contributed by atoms with Crippen LogP contribution in [0, 0.1) is 12.7 Å². The second-order valence-electron chi connectivity index (χ2n) is 12.3. The van der Waals surface area contributed by atoms with Crippen molar-refractivity contribution < 1.29 is 45.3 Å². The summed E-state index contributed by atoms with van der Waals surface area (Å²) >= 11 is 0. The van der Waals surface area contributed by atoms with Crippen molar-refractivity contribution in [2.45, 2.75) is 63.0 Å². The molecule has 0 spiro atoms. The van der Waals surface area contributed by atoms with Crippen LogP contribution in [0.1, 0.15) is 36.8 Å². The van der Waals surface area contributed by atoms with Crippen molar-refractivity contribution in [3.05, 3.63) is 29.2 Å². The largest absolute Gasteiger partial charge is 0.475 e. The lowest BCUT2D eigenvalue weighted by atomic mass is 9.94. The van der Waals surface area contributed by atoms with Gasteiger partial charge in [-0.2, -0.15) is 28.2 Å². The van der Waals surface area contributed by atoms with Gasteiger partial charge in [0.1, 0.15) is 41.8 Å². The number of aliphatic hydroxyl groups is 1. The van der Waals surface area contributed by atoms with Crippen molar-refractivity contribution in [3.8, 4) is 23.1 Å². The summed E-state index contributed by atoms with van der Waals surface area (Å²) in [6.07, 6.45) is -6.23. The smallest absolute Gasteiger partial charge is 0.417 e. The van der Waals surface area contributed by atoms with Crippen molar-refractivity contribution in [3.63, 3.8) is 0 Å². The Kier molecular flexibility index (Phi) is 7.81. The zero-order chi connectivity index (χ0) is 33.2. The molecule has 17 heteroatoms. The molecule has 3 aliphatic rings. The van der Waals surface area contributed by atoms with E-state index in [2.05, 4.69) is 25.1 Å². The van der Waals surface area contributed by atoms with Crippen LogP contribution in [0.15, 0.2) is 12.3 Å². The molecule has 252 valence electrons. The molecule has 0 aliphatic carbocycles. The first-order valence-corrected chi connectivity index (χ1v) is 15.2. The number of nitrogens with one attached hydrogen (secondary N) is 1. The second kappa shape index (κ2) is 11.6. The Hall–Kier alpha value is -3.99. The van der Waals surface area contributed by atoms with E-state index in [-0.39, 0.29) is 66.2 Å². The maximum atomic E-state index is 16.8. The zero-order valence-corrected chi connectivity index (χ0v) is 25.1. The van der Waals surface area contributed by atoms with Crippen LogP contribution in [-0.4, -0.2) is 98.8 Å². The lowest BCUT2D eigenvalue weighted by Gasteiger charge is -2.32. The van der Waals surface area contributed by atoms with Gasteiger partial charge >= 0.3 is 12.2 Å². The average Bonchev–Trinajstić information content (AvgIpc) is 3.68. The predicted octanol–water partition coefficient (Wildman–Crippen LogP) is 5.20. The highest BCUT2D eigenvalue weighted by Crippen LogP contribution is 2.47. The van der Waals surface area contributed by atoms with Crippen molar-refractivity contribution in [1.29, 1.82) is 0 Å². The summed E-state index contributed by atoms with van der Waals surface area (Å²) in [5, 5.41) is 15.9. The normalized spacial score (nSPS) is 23.1. The second-order valence-corrected chi connectivity index (χ2v) is 12.3. The molecule has 0 bridgehead atoms. The van der Waals surface area contributed by atoms with Crippen LogP contribution in [-0.2, 0) is 6.18 Å². The van der Waals surface area contributed by atoms with E-state index in [9.17, 15) is 31.4 Å². The van der Waals surface area contributed by atoms with Crippen molar-refractivity contribution in [1.82, 2.24) is 30.0 Å². The first kappa shape index (κ1) is 31.6. The molecule has 6 heterocycles. The van der Waals surface area contributed by atoms with Gasteiger partial charge in [-0.25, -0.2) is 22.5 Å². The van der Waals surface area contributed by atoms with Crippen LogP contribution in [0.5, 0.6) is 11.9 Å². The summed E-state index contributed by atoms with van der Waals surface area (Å²) in [7, 11) is 0. The van der Waals surface area contributed by atoms with Gasteiger partial charge in [0.25, 0.3) is 6.43 Å². The number of anilines is 1. The molecule has 2 N–H and O–H groups in total. The van der Waals surface area contributed by atoms with Gasteiger partial charge in [0.2, 0.25) is 5.88 Å². The van der Waals surface area contributed by atoms with E-state index >= 15 is 4.39 Å². The number of aromatic nitrogens is 5. The molecule has 0 unspecified atom stereocenters. The van der Waals surface area contributed by atoms with Crippen LogP contribution >= 0.6 is 0 Å². The number of aromatic amines is 1. The minimum atomic E-state index is -4.93. The third kappa shape index (κ3) is 5.36. The van der Waals surface area contributed by atoms with Gasteiger partial charge in [0.15, 0.2) is 5.82 Å². The summed E-state index contributed by atoms with van der Waals surface area (Å²) in [6.45, 7) is 0.379. The number of alkyl halides is 6. The van der Waals surface area contributed by atoms with E-state index < -0.39 is 77.7 Å². The van der Waals surface area contributed by atoms with E-state index in [0.29, 0.717) is 13.0 Å². The zero-order valence-electron chi connectivity index (χ0n) is 25.1. The number of aryl methyl sites for hydroxylation is 1. The van der Waals surface area contributed by atoms with E-state index in [0.717, 1.165) is 17.5 Å². The SMILES string of the molecule is Cc1cc2[nH]ncc2c(-c2nc3c4c(nc(OC[C@@]56CCCN5C[C@H](F)C6)nc4c2F)N(CC(F)F)[C@@H](CCO)CO3)c1C(F)(F)F. The Morgan fingerprint density at radius 1 is 1.23 bits per heavy atom. The molecule has 2 fully saturated rings. The maximum absolute atomic E-state index is 16.8. The monoisotopic (exact) mass is 669 g/mol. The number of nitrogens with zero attached hydrogens (tertiary/aromatic N) is 6. The molecule has 4 aromatic rings. The summed E-state index contributed by atoms with van der Waals surface area (Å²) in [4.78, 5) is 16.0. The number of aliphatic hydroxyl groups excluding tert-OH is 1. The van der Waals surface area contributed by atoms with Gasteiger partial charge in [-0.1, -0.05) is 0 Å². The third-order valence-electron chi connectivity index (χ3n) is 9.33. The Labute approximate surface area is 262 Å². The summed E-state index contributed by atoms with van der Waals surface area (Å²) in [5.74, 6) is -1.90. The maximum Gasteiger partial charge on any atom is 0.417 e. The van der Waals surface area contributed by atoms with Gasteiger partial charge in [-0.3, -0.25) is 10.00 Å². The number of benzene rings is 1. The lowest BCUT2D eigenvalue weighted by molar-refractivity contribution is -0.137. The first-order valence-electron chi connectivity index (χ1n) is 15.2. The third-order valence-corrected chi connectivity index (χ3v) is 9.33. The molecule has 2 saturated heterocycles. The Bertz CT molecular complexity index is 1840. The van der Waals surface area contributed by atoms with E-state index in [1.807, 2.05) is 4.90 Å². The number of halogens is 7. The van der Waals surface area contributed by atoms with Gasteiger partial charge in [-0.15, -0.1) is 0 Å². The van der Waals surface area contributed by atoms with E-state index in [1.165, 1.54) is 13.0 Å². The standard InChI is InChI=1S/C30H30F7N7O3/c1-14-7-18-17(9-38-42-18)20(22(14)30(35,36)37)24-23(34)25-21-26(44(11-19(32)33)16(3-6-45)12-46-27(21)39-24)41-28(40-25)47-13-29-4-2-5-43(29)10-15(31)8-29/h7,9,15-16,19,45H,2-6,8,10-13H2,1H3,(H,38,42)/t15-,16+,29+/m1/s1. The van der Waals surface area contributed by atoms with Crippen molar-refractivity contribution in [2.24, 2.45) is 0 Å². The molecular weight excluding hydrogens is 639 g/mol. The van der Waals surface area contributed by atoms with Crippen LogP contribution in [0.25, 0.3) is 33.1 Å². The molecule has 3 aromatic heterocycles. The van der Waals surface area contributed by atoms with Crippen LogP contribution in [0.3, 0.4) is 0 Å². The topological polar surface area (TPSA) is 113 Å². The molecule has 1 aromatic carbocycles. The predicted molar refractivity (Wildman–Crippen MR) is 155 cm³/mol. The number of hydrogen-bond donors (Lipinski definition) is 2. The Morgan fingerprint density at radius 2 is 2.04 bits per heavy atom. The molecule has 10 nitrogen and oxygen atoms in total. The molecule has 0 amide bonds. The molecular formula is C30H30F7N7O3. The Morgan fingerprint density at radius 3 is 2.79 bits per heavy atom. The minimum Gasteiger partial charge on any atom is -0.475 e. The Balaban J connectivity index is 1.46. The van der Waals surface area contributed by atoms with Crippen molar-refractivity contribution in [2.75, 3.05) is 44.4 Å². The number of H-pyrrole nitrogens is 1. The number of hydrogen-bond acceptors (Lipinski definition) is 9. The number of pyridine rings is 1. The quantitative estimate of drug-likeness (QED) is 0.245. The van der Waals surface area contributed by atoms with Gasteiger partial charge in [0.05, 0.1) is 35.4 Å². The molecule has 3 aliphatic heterocycles. The van der Waals surface area contributed by atoms with Crippen LogP contribution in [0.2, 0.25) is 0 Å². The summed E-state index contributed by atoms with van der Waals surface area (Å²) in [5.41, 5.74) is -3.76. The number of rotatable bonds is 8. The first-order chi connectivity index (χ1) is 22.4. The fourth-order valence-corrected chi connectivity index (χ4v) is 7.34. The van der Waals surface area contributed by atoms with Crippen molar-refractivity contribution >= 4 is 27.6 Å². The lowest BCUT2D eigenvalue weighted by Crippen LogP contribution is -2.44. The fraction of sp³-hybridized carbons (Fsp3) is 0.533. The molecule has 7 rings (SSSR count). The molecule has 0 saturated carbocycles. The minimum absolute atomic E-state index is 0.0561. The van der Waals surface area contributed by atoms with Gasteiger partial charge < -0.3 is 19.5 Å². The van der Waals surface area contributed by atoms with Crippen LogP contribution < -0.4 is 14.4 Å². The van der Waals surface area contributed by atoms with Gasteiger partial charge in [0, 0.05) is 30.5 Å². The molecule has 47 heavy (non-hydrogen) atoms. The molecule has 3 atom stereocenters. The number of fused-ring (bicyclic) bond motifs is 2. The fourth-order valence-electron chi connectivity index (χ4n) is 7.34. The van der Waals surface area contributed by atoms with E-state index in [1.54, 1.807) is 0 Å².